The van der Waals surface area contributed by atoms with Gasteiger partial charge < -0.3 is 20.6 Å². The standard InChI is InChI=1S/C22H34N2Si2.2C2H6N.Zr/c1-17-11-9-12-18(2)21(17)23-25(5,6)15-16-26(7,8)24-22-19(3)13-10-14-20(22)4;2*1-3-2;/h9-14H,15-16H2,1-8H3;2*1-2H3;/q-2;2*-1;+4. The summed E-state index contributed by atoms with van der Waals surface area (Å²) in [5, 5.41) is 7.00. The van der Waals surface area contributed by atoms with Crippen molar-refractivity contribution in [3.8, 4) is 0 Å². The molecule has 0 atom stereocenters. The van der Waals surface area contributed by atoms with Crippen LogP contribution in [0.2, 0.25) is 38.3 Å². The first-order chi connectivity index (χ1) is 14.8. The van der Waals surface area contributed by atoms with E-state index in [4.69, 9.17) is 9.96 Å². The smallest absolute Gasteiger partial charge is 0.687 e. The molecule has 0 bridgehead atoms. The zero-order chi connectivity index (χ0) is 24.9. The Balaban J connectivity index is 0. The van der Waals surface area contributed by atoms with E-state index in [1.165, 1.54) is 45.7 Å². The van der Waals surface area contributed by atoms with Gasteiger partial charge >= 0.3 is 26.2 Å². The third-order valence-electron chi connectivity index (χ3n) is 5.06. The SMILES string of the molecule is C[N-]C.C[N-]C.Cc1cccc(C)c1[N-][Si](C)(C)CC[Si](C)(C)[N-]c1c(C)cccc1C.[Zr+4]. The second-order valence-electron chi connectivity index (χ2n) is 9.72. The summed E-state index contributed by atoms with van der Waals surface area (Å²) in [5.74, 6) is 0. The summed E-state index contributed by atoms with van der Waals surface area (Å²) in [4.78, 5) is 10.5. The Kier molecular flexibility index (Phi) is 17.6. The van der Waals surface area contributed by atoms with Crippen molar-refractivity contribution in [3.05, 3.63) is 79.3 Å². The van der Waals surface area contributed by atoms with Gasteiger partial charge in [-0.3, -0.25) is 0 Å². The molecule has 0 saturated heterocycles. The van der Waals surface area contributed by atoms with Crippen molar-refractivity contribution < 1.29 is 26.2 Å². The molecular weight excluding hydrogens is 516 g/mol. The third kappa shape index (κ3) is 13.7. The normalized spacial score (nSPS) is 10.7. The van der Waals surface area contributed by atoms with Gasteiger partial charge in [-0.15, -0.1) is 11.4 Å². The van der Waals surface area contributed by atoms with Crippen molar-refractivity contribution in [1.29, 1.82) is 0 Å². The largest absolute Gasteiger partial charge is 4.00 e. The van der Waals surface area contributed by atoms with Gasteiger partial charge in [0.1, 0.15) is 0 Å². The van der Waals surface area contributed by atoms with Gasteiger partial charge in [0.25, 0.3) is 0 Å². The number of nitrogens with zero attached hydrogens (tertiary/aromatic N) is 4. The van der Waals surface area contributed by atoms with Crippen LogP contribution in [0.5, 0.6) is 0 Å². The molecule has 0 fully saturated rings. The Labute approximate surface area is 226 Å². The monoisotopic (exact) mass is 560 g/mol. The fraction of sp³-hybridized carbons (Fsp3) is 0.538. The molecule has 0 saturated carbocycles. The van der Waals surface area contributed by atoms with Gasteiger partial charge in [-0.25, -0.2) is 0 Å². The molecule has 0 unspecified atom stereocenters. The van der Waals surface area contributed by atoms with Crippen molar-refractivity contribution in [3.63, 3.8) is 0 Å². The number of aryl methyl sites for hydroxylation is 4. The van der Waals surface area contributed by atoms with Crippen molar-refractivity contribution in [2.45, 2.75) is 66.0 Å². The molecule has 0 spiro atoms. The van der Waals surface area contributed by atoms with Crippen LogP contribution in [0.3, 0.4) is 0 Å². The Morgan fingerprint density at radius 1 is 0.545 bits per heavy atom. The summed E-state index contributed by atoms with van der Waals surface area (Å²) < 4.78 is 0. The fourth-order valence-corrected chi connectivity index (χ4v) is 10.3. The number of rotatable bonds is 7. The number of hydrogen-bond acceptors (Lipinski definition) is 0. The van der Waals surface area contributed by atoms with Crippen LogP contribution in [0.15, 0.2) is 36.4 Å². The van der Waals surface area contributed by atoms with Crippen LogP contribution in [-0.4, -0.2) is 44.7 Å². The summed E-state index contributed by atoms with van der Waals surface area (Å²) in [6.07, 6.45) is 0. The maximum atomic E-state index is 5.25. The molecule has 4 nitrogen and oxygen atoms in total. The molecule has 0 heterocycles. The number of benzene rings is 2. The first-order valence-electron chi connectivity index (χ1n) is 11.4. The average molecular weight is 562 g/mol. The van der Waals surface area contributed by atoms with E-state index in [1.54, 1.807) is 28.2 Å². The molecular formula is C26H46N4Si2Zr. The molecule has 2 aromatic carbocycles. The summed E-state index contributed by atoms with van der Waals surface area (Å²) in [6, 6.07) is 15.3. The zero-order valence-corrected chi connectivity index (χ0v) is 27.6. The van der Waals surface area contributed by atoms with E-state index in [1.807, 2.05) is 0 Å². The van der Waals surface area contributed by atoms with Crippen LogP contribution in [0, 0.1) is 27.7 Å². The molecule has 2 rings (SSSR count). The maximum Gasteiger partial charge on any atom is 4.00 e. The predicted molar refractivity (Wildman–Crippen MR) is 153 cm³/mol. The predicted octanol–water partition coefficient (Wildman–Crippen LogP) is 9.28. The molecule has 0 radical (unpaired) electrons. The van der Waals surface area contributed by atoms with Gasteiger partial charge in [-0.05, 0) is 44.2 Å². The van der Waals surface area contributed by atoms with Crippen LogP contribution in [0.1, 0.15) is 22.3 Å². The van der Waals surface area contributed by atoms with Crippen molar-refractivity contribution in [1.82, 2.24) is 0 Å². The minimum atomic E-state index is -1.66. The minimum absolute atomic E-state index is 0. The second-order valence-corrected chi connectivity index (χ2v) is 18.4. The average Bonchev–Trinajstić information content (AvgIpc) is 2.68. The van der Waals surface area contributed by atoms with Crippen molar-refractivity contribution in [2.24, 2.45) is 0 Å². The van der Waals surface area contributed by atoms with Gasteiger partial charge in [0.15, 0.2) is 0 Å². The summed E-state index contributed by atoms with van der Waals surface area (Å²) in [6.45, 7) is 18.3. The molecule has 0 N–H and O–H groups in total. The molecule has 0 amide bonds. The Bertz CT molecular complexity index is 703. The Hall–Kier alpha value is -0.723. The van der Waals surface area contributed by atoms with Gasteiger partial charge in [-0.2, -0.15) is 28.2 Å². The second kappa shape index (κ2) is 16.8. The molecule has 7 heteroatoms. The molecule has 0 aliphatic heterocycles. The molecule has 0 aromatic heterocycles. The molecule has 0 aliphatic rings. The van der Waals surface area contributed by atoms with E-state index in [2.05, 4.69) is 101 Å². The molecule has 33 heavy (non-hydrogen) atoms. The Morgan fingerprint density at radius 3 is 0.970 bits per heavy atom. The first kappa shape index (κ1) is 34.4. The molecule has 182 valence electrons. The quantitative estimate of drug-likeness (QED) is 0.302. The van der Waals surface area contributed by atoms with Crippen molar-refractivity contribution in [2.75, 3.05) is 28.2 Å². The minimum Gasteiger partial charge on any atom is -0.687 e. The van der Waals surface area contributed by atoms with Crippen LogP contribution in [0.4, 0.5) is 11.4 Å². The Morgan fingerprint density at radius 2 is 0.758 bits per heavy atom. The van der Waals surface area contributed by atoms with E-state index in [-0.39, 0.29) is 26.2 Å². The van der Waals surface area contributed by atoms with Crippen LogP contribution in [0.25, 0.3) is 20.6 Å². The maximum absolute atomic E-state index is 5.25. The van der Waals surface area contributed by atoms with E-state index in [0.717, 1.165) is 0 Å². The van der Waals surface area contributed by atoms with Crippen LogP contribution in [-0.2, 0) is 26.2 Å². The molecule has 2 aromatic rings. The summed E-state index contributed by atoms with van der Waals surface area (Å²) >= 11 is 0. The van der Waals surface area contributed by atoms with Crippen LogP contribution < -0.4 is 0 Å². The van der Waals surface area contributed by atoms with Crippen LogP contribution >= 0.6 is 0 Å². The van der Waals surface area contributed by atoms with Gasteiger partial charge in [-0.1, -0.05) is 96.9 Å². The summed E-state index contributed by atoms with van der Waals surface area (Å²) in [7, 11) is 3.68. The fourth-order valence-electron chi connectivity index (χ4n) is 3.29. The first-order valence-corrected chi connectivity index (χ1v) is 17.7. The van der Waals surface area contributed by atoms with E-state index in [9.17, 15) is 0 Å². The third-order valence-corrected chi connectivity index (χ3v) is 10.2. The van der Waals surface area contributed by atoms with Gasteiger partial charge in [0.05, 0.1) is 0 Å². The van der Waals surface area contributed by atoms with Gasteiger partial charge in [0, 0.05) is 0 Å². The van der Waals surface area contributed by atoms with Crippen molar-refractivity contribution >= 4 is 27.8 Å². The summed E-state index contributed by atoms with van der Waals surface area (Å²) in [5.41, 5.74) is 7.61. The zero-order valence-electron chi connectivity index (χ0n) is 23.2. The van der Waals surface area contributed by atoms with E-state index < -0.39 is 16.5 Å². The molecule has 0 aliphatic carbocycles. The van der Waals surface area contributed by atoms with E-state index >= 15 is 0 Å². The number of hydrogen-bond donors (Lipinski definition) is 0. The van der Waals surface area contributed by atoms with Gasteiger partial charge in [0.2, 0.25) is 0 Å². The van der Waals surface area contributed by atoms with E-state index in [0.29, 0.717) is 0 Å². The topological polar surface area (TPSA) is 56.4 Å².